The summed E-state index contributed by atoms with van der Waals surface area (Å²) in [5, 5.41) is 8.68. The van der Waals surface area contributed by atoms with Crippen LogP contribution in [-0.4, -0.2) is 29.4 Å². The van der Waals surface area contributed by atoms with E-state index in [-0.39, 0.29) is 5.91 Å². The number of carbonyl (C=O) groups is 1. The van der Waals surface area contributed by atoms with Gasteiger partial charge in [0, 0.05) is 19.8 Å². The SMILES string of the molecule is CN(CC1CCCCC1)C(=O)c1ccc(C#N)nc1. The summed E-state index contributed by atoms with van der Waals surface area (Å²) in [7, 11) is 1.84. The predicted octanol–water partition coefficient (Wildman–Crippen LogP) is 2.61. The molecule has 0 bridgehead atoms. The average Bonchev–Trinajstić information content (AvgIpc) is 2.47. The second-order valence-corrected chi connectivity index (χ2v) is 5.23. The molecule has 1 heterocycles. The van der Waals surface area contributed by atoms with Crippen molar-refractivity contribution in [2.45, 2.75) is 32.1 Å². The van der Waals surface area contributed by atoms with Crippen LogP contribution in [0.25, 0.3) is 0 Å². The molecule has 1 aromatic heterocycles. The van der Waals surface area contributed by atoms with E-state index in [9.17, 15) is 4.79 Å². The standard InChI is InChI=1S/C15H19N3O/c1-18(11-12-5-3-2-4-6-12)15(19)13-7-8-14(9-16)17-10-13/h7-8,10,12H,2-6,11H2,1H3. The number of aromatic nitrogens is 1. The van der Waals surface area contributed by atoms with E-state index in [1.54, 1.807) is 17.0 Å². The van der Waals surface area contributed by atoms with Crippen LogP contribution in [0.15, 0.2) is 18.3 Å². The molecule has 0 saturated heterocycles. The van der Waals surface area contributed by atoms with E-state index in [1.807, 2.05) is 13.1 Å². The van der Waals surface area contributed by atoms with Gasteiger partial charge >= 0.3 is 0 Å². The fraction of sp³-hybridized carbons (Fsp3) is 0.533. The Labute approximate surface area is 114 Å². The molecule has 0 N–H and O–H groups in total. The molecule has 4 nitrogen and oxygen atoms in total. The highest BCUT2D eigenvalue weighted by Gasteiger charge is 2.19. The Morgan fingerprint density at radius 3 is 2.74 bits per heavy atom. The van der Waals surface area contributed by atoms with Crippen molar-refractivity contribution in [2.24, 2.45) is 5.92 Å². The largest absolute Gasteiger partial charge is 0.341 e. The first-order valence-electron chi connectivity index (χ1n) is 6.82. The van der Waals surface area contributed by atoms with Crippen LogP contribution in [0.2, 0.25) is 0 Å². The van der Waals surface area contributed by atoms with Gasteiger partial charge in [-0.2, -0.15) is 5.26 Å². The fourth-order valence-corrected chi connectivity index (χ4v) is 2.65. The lowest BCUT2D eigenvalue weighted by molar-refractivity contribution is 0.0760. The Balaban J connectivity index is 1.95. The lowest BCUT2D eigenvalue weighted by atomic mass is 9.89. The van der Waals surface area contributed by atoms with Crippen LogP contribution in [0.1, 0.15) is 48.2 Å². The van der Waals surface area contributed by atoms with Gasteiger partial charge in [0.15, 0.2) is 0 Å². The van der Waals surface area contributed by atoms with Crippen molar-refractivity contribution in [1.29, 1.82) is 5.26 Å². The van der Waals surface area contributed by atoms with E-state index < -0.39 is 0 Å². The van der Waals surface area contributed by atoms with Crippen LogP contribution in [0, 0.1) is 17.2 Å². The minimum atomic E-state index is -0.0115. The summed E-state index contributed by atoms with van der Waals surface area (Å²) in [6.07, 6.45) is 7.83. The van der Waals surface area contributed by atoms with Gasteiger partial charge in [0.25, 0.3) is 5.91 Å². The Kier molecular flexibility index (Phi) is 4.51. The summed E-state index contributed by atoms with van der Waals surface area (Å²) in [5.74, 6) is 0.622. The first-order valence-corrected chi connectivity index (χ1v) is 6.82. The quantitative estimate of drug-likeness (QED) is 0.836. The van der Waals surface area contributed by atoms with E-state index in [0.29, 0.717) is 17.2 Å². The maximum Gasteiger partial charge on any atom is 0.255 e. The minimum Gasteiger partial charge on any atom is -0.341 e. The Morgan fingerprint density at radius 1 is 1.42 bits per heavy atom. The first-order chi connectivity index (χ1) is 9.20. The van der Waals surface area contributed by atoms with Gasteiger partial charge in [0.05, 0.1) is 5.56 Å². The van der Waals surface area contributed by atoms with Crippen molar-refractivity contribution < 1.29 is 4.79 Å². The summed E-state index contributed by atoms with van der Waals surface area (Å²) in [6.45, 7) is 0.818. The fourth-order valence-electron chi connectivity index (χ4n) is 2.65. The Morgan fingerprint density at radius 2 is 2.16 bits per heavy atom. The smallest absolute Gasteiger partial charge is 0.255 e. The van der Waals surface area contributed by atoms with Crippen molar-refractivity contribution in [3.63, 3.8) is 0 Å². The molecule has 0 aliphatic heterocycles. The van der Waals surface area contributed by atoms with Gasteiger partial charge in [0.2, 0.25) is 0 Å². The molecule has 1 aromatic rings. The van der Waals surface area contributed by atoms with Crippen LogP contribution in [0.5, 0.6) is 0 Å². The number of carbonyl (C=O) groups excluding carboxylic acids is 1. The highest BCUT2D eigenvalue weighted by atomic mass is 16.2. The van der Waals surface area contributed by atoms with Crippen molar-refractivity contribution in [3.05, 3.63) is 29.6 Å². The molecule has 1 saturated carbocycles. The molecule has 1 fully saturated rings. The minimum absolute atomic E-state index is 0.0115. The molecular weight excluding hydrogens is 238 g/mol. The molecule has 1 aliphatic carbocycles. The highest BCUT2D eigenvalue weighted by molar-refractivity contribution is 5.93. The predicted molar refractivity (Wildman–Crippen MR) is 72.5 cm³/mol. The van der Waals surface area contributed by atoms with Crippen molar-refractivity contribution in [3.8, 4) is 6.07 Å². The van der Waals surface area contributed by atoms with Gasteiger partial charge in [-0.05, 0) is 30.9 Å². The molecule has 0 unspecified atom stereocenters. The number of nitriles is 1. The molecule has 0 atom stereocenters. The van der Waals surface area contributed by atoms with Crippen molar-refractivity contribution in [2.75, 3.05) is 13.6 Å². The summed E-state index contributed by atoms with van der Waals surface area (Å²) < 4.78 is 0. The molecule has 100 valence electrons. The number of amides is 1. The van der Waals surface area contributed by atoms with Crippen LogP contribution in [0.3, 0.4) is 0 Å². The van der Waals surface area contributed by atoms with E-state index in [0.717, 1.165) is 6.54 Å². The number of hydrogen-bond acceptors (Lipinski definition) is 3. The molecule has 0 aromatic carbocycles. The molecule has 4 heteroatoms. The van der Waals surface area contributed by atoms with Crippen LogP contribution in [-0.2, 0) is 0 Å². The van der Waals surface area contributed by atoms with Crippen LogP contribution in [0.4, 0.5) is 0 Å². The first kappa shape index (κ1) is 13.5. The zero-order chi connectivity index (χ0) is 13.7. The Bertz CT molecular complexity index is 469. The van der Waals surface area contributed by atoms with Crippen molar-refractivity contribution >= 4 is 5.91 Å². The van der Waals surface area contributed by atoms with Gasteiger partial charge in [-0.25, -0.2) is 4.98 Å². The number of hydrogen-bond donors (Lipinski definition) is 0. The number of nitrogens with zero attached hydrogens (tertiary/aromatic N) is 3. The van der Waals surface area contributed by atoms with Gasteiger partial charge in [-0.3, -0.25) is 4.79 Å². The molecule has 0 spiro atoms. The second kappa shape index (κ2) is 6.33. The summed E-state index contributed by atoms with van der Waals surface area (Å²) in [4.78, 5) is 17.9. The average molecular weight is 257 g/mol. The number of pyridine rings is 1. The zero-order valence-corrected chi connectivity index (χ0v) is 11.3. The third-order valence-electron chi connectivity index (χ3n) is 3.73. The van der Waals surface area contributed by atoms with Gasteiger partial charge in [-0.15, -0.1) is 0 Å². The summed E-state index contributed by atoms with van der Waals surface area (Å²) in [5.41, 5.74) is 0.892. The van der Waals surface area contributed by atoms with E-state index in [1.165, 1.54) is 38.3 Å². The van der Waals surface area contributed by atoms with Crippen LogP contribution >= 0.6 is 0 Å². The lowest BCUT2D eigenvalue weighted by Crippen LogP contribution is -2.32. The van der Waals surface area contributed by atoms with Gasteiger partial charge < -0.3 is 4.90 Å². The highest BCUT2D eigenvalue weighted by Crippen LogP contribution is 2.24. The third kappa shape index (κ3) is 3.54. The summed E-state index contributed by atoms with van der Waals surface area (Å²) >= 11 is 0. The maximum absolute atomic E-state index is 12.2. The molecule has 0 radical (unpaired) electrons. The zero-order valence-electron chi connectivity index (χ0n) is 11.3. The van der Waals surface area contributed by atoms with E-state index in [4.69, 9.17) is 5.26 Å². The second-order valence-electron chi connectivity index (χ2n) is 5.23. The summed E-state index contributed by atoms with van der Waals surface area (Å²) in [6, 6.07) is 5.21. The third-order valence-corrected chi connectivity index (χ3v) is 3.73. The molecule has 19 heavy (non-hydrogen) atoms. The molecule has 1 aliphatic rings. The molecular formula is C15H19N3O. The molecule has 2 rings (SSSR count). The van der Waals surface area contributed by atoms with E-state index in [2.05, 4.69) is 4.98 Å². The number of rotatable bonds is 3. The van der Waals surface area contributed by atoms with Gasteiger partial charge in [-0.1, -0.05) is 19.3 Å². The lowest BCUT2D eigenvalue weighted by Gasteiger charge is -2.27. The Hall–Kier alpha value is -1.89. The van der Waals surface area contributed by atoms with Gasteiger partial charge in [0.1, 0.15) is 11.8 Å². The van der Waals surface area contributed by atoms with E-state index >= 15 is 0 Å². The topological polar surface area (TPSA) is 57.0 Å². The maximum atomic E-state index is 12.2. The normalized spacial score (nSPS) is 15.8. The molecule has 1 amide bonds. The monoisotopic (exact) mass is 257 g/mol. The van der Waals surface area contributed by atoms with Crippen molar-refractivity contribution in [1.82, 2.24) is 9.88 Å². The van der Waals surface area contributed by atoms with Crippen LogP contribution < -0.4 is 0 Å².